The molecule has 6 heterocycles. The molecular formula is C33H18BN5. The maximum Gasteiger partial charge on any atom is 0.256 e. The summed E-state index contributed by atoms with van der Waals surface area (Å²) in [6, 6.07) is 34.8. The third-order valence-electron chi connectivity index (χ3n) is 8.61. The quantitative estimate of drug-likeness (QED) is 0.305. The zero-order valence-electron chi connectivity index (χ0n) is 20.7. The van der Waals surface area contributed by atoms with Crippen LogP contribution in [0.4, 0.5) is 0 Å². The van der Waals surface area contributed by atoms with Crippen molar-refractivity contribution in [1.82, 2.24) is 24.1 Å². The summed E-state index contributed by atoms with van der Waals surface area (Å²) in [5, 5.41) is 5.00. The maximum absolute atomic E-state index is 5.32. The summed E-state index contributed by atoms with van der Waals surface area (Å²) < 4.78 is 4.74. The second-order valence-corrected chi connectivity index (χ2v) is 10.5. The van der Waals surface area contributed by atoms with Gasteiger partial charge in [0.15, 0.2) is 5.82 Å². The molecule has 10 rings (SSSR count). The molecule has 8 aromatic rings. The van der Waals surface area contributed by atoms with Crippen LogP contribution in [-0.4, -0.2) is 30.8 Å². The van der Waals surface area contributed by atoms with Crippen LogP contribution in [0.3, 0.4) is 0 Å². The second-order valence-electron chi connectivity index (χ2n) is 10.5. The van der Waals surface area contributed by atoms with Gasteiger partial charge in [-0.25, -0.2) is 9.97 Å². The predicted molar refractivity (Wildman–Crippen MR) is 159 cm³/mol. The van der Waals surface area contributed by atoms with E-state index >= 15 is 0 Å². The molecule has 6 heteroatoms. The molecular weight excluding hydrogens is 477 g/mol. The predicted octanol–water partition coefficient (Wildman–Crippen LogP) is 4.88. The van der Waals surface area contributed by atoms with Gasteiger partial charge in [-0.1, -0.05) is 72.8 Å². The zero-order chi connectivity index (χ0) is 25.2. The van der Waals surface area contributed by atoms with Crippen molar-refractivity contribution in [2.45, 2.75) is 0 Å². The summed E-state index contributed by atoms with van der Waals surface area (Å²) in [4.78, 5) is 15.0. The molecule has 5 nitrogen and oxygen atoms in total. The molecule has 0 saturated heterocycles. The van der Waals surface area contributed by atoms with E-state index in [1.807, 2.05) is 18.3 Å². The Morgan fingerprint density at radius 2 is 1.10 bits per heavy atom. The molecule has 2 aliphatic heterocycles. The van der Waals surface area contributed by atoms with Crippen LogP contribution in [0.5, 0.6) is 0 Å². The Bertz CT molecular complexity index is 2210. The minimum Gasteiger partial charge on any atom is -0.295 e. The van der Waals surface area contributed by atoms with E-state index in [0.29, 0.717) is 5.82 Å². The summed E-state index contributed by atoms with van der Waals surface area (Å²) in [5.74, 6) is 2.59. The van der Waals surface area contributed by atoms with Gasteiger partial charge in [-0.3, -0.25) is 14.1 Å². The van der Waals surface area contributed by atoms with E-state index in [0.717, 1.165) is 33.7 Å². The van der Waals surface area contributed by atoms with Crippen LogP contribution < -0.4 is 16.4 Å². The molecule has 0 bridgehead atoms. The van der Waals surface area contributed by atoms with Crippen LogP contribution >= 0.6 is 0 Å². The molecule has 4 aromatic carbocycles. The highest BCUT2D eigenvalue weighted by Crippen LogP contribution is 2.38. The molecule has 2 aliphatic rings. The minimum absolute atomic E-state index is 0.0407. The molecule has 39 heavy (non-hydrogen) atoms. The molecule has 0 radical (unpaired) electrons. The van der Waals surface area contributed by atoms with Crippen LogP contribution in [0.15, 0.2) is 109 Å². The van der Waals surface area contributed by atoms with Gasteiger partial charge < -0.3 is 0 Å². The van der Waals surface area contributed by atoms with E-state index in [9.17, 15) is 0 Å². The number of hydrogen-bond donors (Lipinski definition) is 0. The number of pyridine rings is 1. The van der Waals surface area contributed by atoms with Crippen LogP contribution in [0.2, 0.25) is 0 Å². The normalized spacial score (nSPS) is 13.1. The lowest BCUT2D eigenvalue weighted by Gasteiger charge is -2.32. The number of nitrogens with zero attached hydrogens (tertiary/aromatic N) is 5. The fourth-order valence-electron chi connectivity index (χ4n) is 7.14. The smallest absolute Gasteiger partial charge is 0.256 e. The average Bonchev–Trinajstić information content (AvgIpc) is 3.52. The molecule has 0 aliphatic carbocycles. The fraction of sp³-hybridized carbons (Fsp3) is 0. The van der Waals surface area contributed by atoms with Gasteiger partial charge in [-0.05, 0) is 35.2 Å². The highest BCUT2D eigenvalue weighted by Gasteiger charge is 2.42. The number of rotatable bonds is 1. The lowest BCUT2D eigenvalue weighted by molar-refractivity contribution is 1.00. The summed E-state index contributed by atoms with van der Waals surface area (Å²) in [6.45, 7) is 0.0407. The lowest BCUT2D eigenvalue weighted by Crippen LogP contribution is -2.60. The van der Waals surface area contributed by atoms with Crippen molar-refractivity contribution in [3.8, 4) is 23.0 Å². The number of benzene rings is 4. The van der Waals surface area contributed by atoms with Gasteiger partial charge in [0.2, 0.25) is 0 Å². The van der Waals surface area contributed by atoms with Crippen molar-refractivity contribution < 1.29 is 0 Å². The summed E-state index contributed by atoms with van der Waals surface area (Å²) in [5.41, 5.74) is 9.48. The van der Waals surface area contributed by atoms with Crippen LogP contribution in [0, 0.1) is 0 Å². The molecule has 0 N–H and O–H groups in total. The standard InChI is InChI=1S/C33H18BN5/c1-3-15-26-20(9-1)22-11-5-13-24-29(22)38(26)32-28-33(37-31(36-32)19-8-7-17-35-18-19)39-27-16-4-2-10-21(27)23-12-6-14-25(30(23)39)34(24)28/h1-18H. The Balaban J connectivity index is 1.49. The van der Waals surface area contributed by atoms with Crippen molar-refractivity contribution in [3.05, 3.63) is 109 Å². The van der Waals surface area contributed by atoms with Gasteiger partial charge in [0.1, 0.15) is 11.6 Å². The van der Waals surface area contributed by atoms with Crippen molar-refractivity contribution >= 4 is 66.7 Å². The first-order chi connectivity index (χ1) is 19.4. The zero-order valence-corrected chi connectivity index (χ0v) is 20.7. The first kappa shape index (κ1) is 19.8. The molecule has 4 aromatic heterocycles. The van der Waals surface area contributed by atoms with Gasteiger partial charge in [0.25, 0.3) is 6.71 Å². The Morgan fingerprint density at radius 3 is 1.67 bits per heavy atom. The Morgan fingerprint density at radius 1 is 0.538 bits per heavy atom. The SMILES string of the molecule is c1cncc(-c2nc3c4c(n2)-n2c5ccccc5c5cccc(c52)B4c2cccc4c5ccccc5n-3c24)c1. The molecule has 0 saturated carbocycles. The maximum atomic E-state index is 5.32. The van der Waals surface area contributed by atoms with E-state index < -0.39 is 0 Å². The first-order valence-corrected chi connectivity index (χ1v) is 13.3. The van der Waals surface area contributed by atoms with E-state index in [1.165, 1.54) is 43.5 Å². The number of fused-ring (bicyclic) bond motifs is 10. The van der Waals surface area contributed by atoms with Crippen LogP contribution in [0.1, 0.15) is 0 Å². The average molecular weight is 495 g/mol. The molecule has 0 unspecified atom stereocenters. The topological polar surface area (TPSA) is 48.5 Å². The van der Waals surface area contributed by atoms with Crippen molar-refractivity contribution in [2.24, 2.45) is 0 Å². The molecule has 0 fully saturated rings. The molecule has 178 valence electrons. The number of aromatic nitrogens is 5. The summed E-state index contributed by atoms with van der Waals surface area (Å²) in [6.07, 6.45) is 3.65. The van der Waals surface area contributed by atoms with Gasteiger partial charge in [-0.2, -0.15) is 0 Å². The Kier molecular flexibility index (Phi) is 3.46. The van der Waals surface area contributed by atoms with Gasteiger partial charge in [-0.15, -0.1) is 0 Å². The summed E-state index contributed by atoms with van der Waals surface area (Å²) >= 11 is 0. The van der Waals surface area contributed by atoms with Gasteiger partial charge >= 0.3 is 0 Å². The van der Waals surface area contributed by atoms with Gasteiger partial charge in [0.05, 0.1) is 22.1 Å². The monoisotopic (exact) mass is 495 g/mol. The fourth-order valence-corrected chi connectivity index (χ4v) is 7.14. The van der Waals surface area contributed by atoms with Crippen molar-refractivity contribution in [1.29, 1.82) is 0 Å². The largest absolute Gasteiger partial charge is 0.295 e. The van der Waals surface area contributed by atoms with E-state index in [4.69, 9.17) is 9.97 Å². The Hall–Kier alpha value is -5.23. The van der Waals surface area contributed by atoms with Crippen molar-refractivity contribution in [3.63, 3.8) is 0 Å². The number of hydrogen-bond acceptors (Lipinski definition) is 3. The molecule has 0 amide bonds. The van der Waals surface area contributed by atoms with Crippen LogP contribution in [-0.2, 0) is 0 Å². The minimum atomic E-state index is 0.0407. The van der Waals surface area contributed by atoms with E-state index in [2.05, 4.69) is 99.0 Å². The van der Waals surface area contributed by atoms with Crippen LogP contribution in [0.25, 0.3) is 66.6 Å². The molecule has 0 spiro atoms. The second kappa shape index (κ2) is 6.80. The highest BCUT2D eigenvalue weighted by atomic mass is 15.2. The number of para-hydroxylation sites is 4. The van der Waals surface area contributed by atoms with E-state index in [-0.39, 0.29) is 6.71 Å². The van der Waals surface area contributed by atoms with E-state index in [1.54, 1.807) is 6.20 Å². The summed E-state index contributed by atoms with van der Waals surface area (Å²) in [7, 11) is 0. The highest BCUT2D eigenvalue weighted by molar-refractivity contribution is 7.00. The lowest BCUT2D eigenvalue weighted by atomic mass is 9.35. The molecule has 0 atom stereocenters. The third-order valence-corrected chi connectivity index (χ3v) is 8.61. The third kappa shape index (κ3) is 2.28. The van der Waals surface area contributed by atoms with Gasteiger partial charge in [0, 0.05) is 45.0 Å². The Labute approximate surface area is 223 Å². The first-order valence-electron chi connectivity index (χ1n) is 13.3. The van der Waals surface area contributed by atoms with Crippen molar-refractivity contribution in [2.75, 3.05) is 0 Å².